The number of carbonyl (C=O) groups excluding carboxylic acids is 1. The minimum atomic E-state index is -0.621. The molecule has 4 nitrogen and oxygen atoms in total. The average Bonchev–Trinajstić information content (AvgIpc) is 2.84. The van der Waals surface area contributed by atoms with Crippen LogP contribution >= 0.6 is 11.3 Å². The SMILES string of the molecule is Cc1ccsc1CN1CCOC2(CCCCN(C(C)C)C2=O)C1. The largest absolute Gasteiger partial charge is 0.362 e. The topological polar surface area (TPSA) is 32.8 Å². The fourth-order valence-electron chi connectivity index (χ4n) is 3.70. The Kier molecular flexibility index (Phi) is 5.09. The van der Waals surface area contributed by atoms with Gasteiger partial charge in [-0.15, -0.1) is 11.3 Å². The van der Waals surface area contributed by atoms with Crippen molar-refractivity contribution >= 4 is 17.2 Å². The summed E-state index contributed by atoms with van der Waals surface area (Å²) in [5.41, 5.74) is 0.732. The highest BCUT2D eigenvalue weighted by Gasteiger charge is 2.47. The van der Waals surface area contributed by atoms with Crippen LogP contribution in [0.15, 0.2) is 11.4 Å². The van der Waals surface area contributed by atoms with Crippen molar-refractivity contribution in [2.45, 2.75) is 58.2 Å². The van der Waals surface area contributed by atoms with Crippen LogP contribution < -0.4 is 0 Å². The molecule has 3 heterocycles. The number of hydrogen-bond donors (Lipinski definition) is 0. The van der Waals surface area contributed by atoms with Crippen LogP contribution in [0.2, 0.25) is 0 Å². The summed E-state index contributed by atoms with van der Waals surface area (Å²) in [6.07, 6.45) is 3.01. The van der Waals surface area contributed by atoms with E-state index in [1.165, 1.54) is 10.4 Å². The summed E-state index contributed by atoms with van der Waals surface area (Å²) >= 11 is 1.81. The van der Waals surface area contributed by atoms with Gasteiger partial charge in [-0.1, -0.05) is 0 Å². The van der Waals surface area contributed by atoms with Crippen molar-refractivity contribution in [3.63, 3.8) is 0 Å². The van der Waals surface area contributed by atoms with Crippen molar-refractivity contribution < 1.29 is 9.53 Å². The second-order valence-electron chi connectivity index (χ2n) is 7.13. The zero-order chi connectivity index (χ0) is 16.4. The zero-order valence-corrected chi connectivity index (χ0v) is 15.3. The van der Waals surface area contributed by atoms with E-state index in [9.17, 15) is 4.79 Å². The molecule has 1 atom stereocenters. The summed E-state index contributed by atoms with van der Waals surface area (Å²) in [6.45, 7) is 10.5. The van der Waals surface area contributed by atoms with E-state index in [1.54, 1.807) is 0 Å². The van der Waals surface area contributed by atoms with E-state index >= 15 is 0 Å². The smallest absolute Gasteiger partial charge is 0.256 e. The Hall–Kier alpha value is -0.910. The van der Waals surface area contributed by atoms with E-state index in [0.29, 0.717) is 6.61 Å². The molecular formula is C18H28N2O2S. The molecule has 0 aromatic carbocycles. The van der Waals surface area contributed by atoms with Crippen LogP contribution in [0, 0.1) is 6.92 Å². The molecule has 2 aliphatic rings. The van der Waals surface area contributed by atoms with E-state index in [2.05, 4.69) is 37.1 Å². The maximum Gasteiger partial charge on any atom is 0.256 e. The maximum absolute atomic E-state index is 13.2. The Labute approximate surface area is 143 Å². The fourth-order valence-corrected chi connectivity index (χ4v) is 4.64. The van der Waals surface area contributed by atoms with Crippen LogP contribution in [0.3, 0.4) is 0 Å². The first-order valence-corrected chi connectivity index (χ1v) is 9.60. The molecule has 1 spiro atoms. The van der Waals surface area contributed by atoms with Gasteiger partial charge in [0.25, 0.3) is 5.91 Å². The number of morpholine rings is 1. The zero-order valence-electron chi connectivity index (χ0n) is 14.5. The van der Waals surface area contributed by atoms with Crippen LogP contribution in [0.1, 0.15) is 43.6 Å². The predicted octanol–water partition coefficient (Wildman–Crippen LogP) is 3.05. The van der Waals surface area contributed by atoms with Crippen molar-refractivity contribution in [2.24, 2.45) is 0 Å². The van der Waals surface area contributed by atoms with Gasteiger partial charge in [-0.05, 0) is 57.0 Å². The van der Waals surface area contributed by atoms with E-state index in [1.807, 2.05) is 16.2 Å². The number of amides is 1. The van der Waals surface area contributed by atoms with Crippen LogP contribution in [0.25, 0.3) is 0 Å². The number of nitrogens with zero attached hydrogens (tertiary/aromatic N) is 2. The maximum atomic E-state index is 13.2. The predicted molar refractivity (Wildman–Crippen MR) is 93.7 cm³/mol. The lowest BCUT2D eigenvalue weighted by atomic mass is 9.93. The molecule has 2 aliphatic heterocycles. The van der Waals surface area contributed by atoms with E-state index in [4.69, 9.17) is 4.74 Å². The third kappa shape index (κ3) is 3.47. The molecule has 0 aliphatic carbocycles. The number of ether oxygens (including phenoxy) is 1. The first-order valence-electron chi connectivity index (χ1n) is 8.72. The van der Waals surface area contributed by atoms with Crippen molar-refractivity contribution in [2.75, 3.05) is 26.2 Å². The quantitative estimate of drug-likeness (QED) is 0.850. The van der Waals surface area contributed by atoms with Crippen LogP contribution in [-0.2, 0) is 16.1 Å². The lowest BCUT2D eigenvalue weighted by Crippen LogP contribution is -2.60. The van der Waals surface area contributed by atoms with Crippen molar-refractivity contribution in [3.8, 4) is 0 Å². The number of rotatable bonds is 3. The second kappa shape index (κ2) is 6.91. The van der Waals surface area contributed by atoms with Crippen LogP contribution in [0.4, 0.5) is 0 Å². The molecule has 0 saturated carbocycles. The summed E-state index contributed by atoms with van der Waals surface area (Å²) in [5, 5.41) is 2.15. The van der Waals surface area contributed by atoms with Gasteiger partial charge < -0.3 is 9.64 Å². The molecule has 0 bridgehead atoms. The normalized spacial score (nSPS) is 27.0. The van der Waals surface area contributed by atoms with Gasteiger partial charge in [-0.2, -0.15) is 0 Å². The molecule has 23 heavy (non-hydrogen) atoms. The summed E-state index contributed by atoms with van der Waals surface area (Å²) in [6, 6.07) is 2.42. The molecule has 1 unspecified atom stereocenters. The van der Waals surface area contributed by atoms with Gasteiger partial charge in [-0.25, -0.2) is 0 Å². The minimum Gasteiger partial charge on any atom is -0.362 e. The number of carbonyl (C=O) groups is 1. The van der Waals surface area contributed by atoms with Gasteiger partial charge in [0.05, 0.1) is 6.61 Å². The molecule has 2 saturated heterocycles. The van der Waals surface area contributed by atoms with Crippen LogP contribution in [-0.4, -0.2) is 53.6 Å². The molecule has 5 heteroatoms. The van der Waals surface area contributed by atoms with Gasteiger partial charge in [0.15, 0.2) is 5.60 Å². The fraction of sp³-hybridized carbons (Fsp3) is 0.722. The number of likely N-dealkylation sites (tertiary alicyclic amines) is 1. The lowest BCUT2D eigenvalue weighted by molar-refractivity contribution is -0.172. The molecule has 0 radical (unpaired) electrons. The highest BCUT2D eigenvalue weighted by molar-refractivity contribution is 7.10. The average molecular weight is 337 g/mol. The first kappa shape index (κ1) is 16.9. The van der Waals surface area contributed by atoms with Crippen molar-refractivity contribution in [3.05, 3.63) is 21.9 Å². The Balaban J connectivity index is 1.77. The summed E-state index contributed by atoms with van der Waals surface area (Å²) in [7, 11) is 0. The van der Waals surface area contributed by atoms with E-state index in [-0.39, 0.29) is 11.9 Å². The van der Waals surface area contributed by atoms with Crippen molar-refractivity contribution in [1.82, 2.24) is 9.80 Å². The molecule has 1 aromatic rings. The number of aryl methyl sites for hydroxylation is 1. The number of thiophene rings is 1. The van der Waals surface area contributed by atoms with Gasteiger partial charge in [0.2, 0.25) is 0 Å². The highest BCUT2D eigenvalue weighted by Crippen LogP contribution is 2.32. The third-order valence-electron chi connectivity index (χ3n) is 5.10. The summed E-state index contributed by atoms with van der Waals surface area (Å²) < 4.78 is 6.13. The molecule has 0 N–H and O–H groups in total. The molecule has 128 valence electrons. The standard InChI is InChI=1S/C18H28N2O2S/c1-14(2)20-8-5-4-7-18(17(20)21)13-19(9-10-22-18)12-16-15(3)6-11-23-16/h6,11,14H,4-5,7-10,12-13H2,1-3H3. The van der Waals surface area contributed by atoms with E-state index in [0.717, 1.165) is 45.4 Å². The van der Waals surface area contributed by atoms with Gasteiger partial charge >= 0.3 is 0 Å². The number of hydrogen-bond acceptors (Lipinski definition) is 4. The Morgan fingerprint density at radius 3 is 2.87 bits per heavy atom. The van der Waals surface area contributed by atoms with Gasteiger partial charge in [0, 0.05) is 37.1 Å². The summed E-state index contributed by atoms with van der Waals surface area (Å²) in [5.74, 6) is 0.206. The first-order chi connectivity index (χ1) is 11.0. The highest BCUT2D eigenvalue weighted by atomic mass is 32.1. The van der Waals surface area contributed by atoms with E-state index < -0.39 is 5.60 Å². The Morgan fingerprint density at radius 2 is 2.17 bits per heavy atom. The second-order valence-corrected chi connectivity index (χ2v) is 8.13. The summed E-state index contributed by atoms with van der Waals surface area (Å²) in [4.78, 5) is 19.0. The molecular weight excluding hydrogens is 308 g/mol. The lowest BCUT2D eigenvalue weighted by Gasteiger charge is -2.43. The molecule has 3 rings (SSSR count). The van der Waals surface area contributed by atoms with Gasteiger partial charge in [0.1, 0.15) is 0 Å². The van der Waals surface area contributed by atoms with Gasteiger partial charge in [-0.3, -0.25) is 9.69 Å². The third-order valence-corrected chi connectivity index (χ3v) is 6.11. The molecule has 1 amide bonds. The van der Waals surface area contributed by atoms with Crippen LogP contribution in [0.5, 0.6) is 0 Å². The Morgan fingerprint density at radius 1 is 1.35 bits per heavy atom. The molecule has 1 aromatic heterocycles. The van der Waals surface area contributed by atoms with Crippen molar-refractivity contribution in [1.29, 1.82) is 0 Å². The Bertz CT molecular complexity index is 557. The monoisotopic (exact) mass is 336 g/mol. The minimum absolute atomic E-state index is 0.206. The molecule has 2 fully saturated rings.